The monoisotopic (exact) mass is 257 g/mol. The number of hydrogen-bond donors (Lipinski definition) is 0. The molecule has 0 amide bonds. The van der Waals surface area contributed by atoms with Gasteiger partial charge in [-0.05, 0) is 36.3 Å². The Labute approximate surface area is 120 Å². The molecule has 1 heteroatoms. The molecule has 0 aliphatic heterocycles. The van der Waals surface area contributed by atoms with Gasteiger partial charge in [-0.2, -0.15) is 5.26 Å². The van der Waals surface area contributed by atoms with E-state index in [0.717, 1.165) is 11.1 Å². The Balaban J connectivity index is 2.10. The molecule has 1 nitrogen and oxygen atoms in total. The predicted octanol–water partition coefficient (Wildman–Crippen LogP) is 4.34. The van der Waals surface area contributed by atoms with Crippen LogP contribution in [0.2, 0.25) is 0 Å². The third-order valence-electron chi connectivity index (χ3n) is 2.81. The van der Waals surface area contributed by atoms with Crippen molar-refractivity contribution in [3.63, 3.8) is 0 Å². The highest BCUT2D eigenvalue weighted by Crippen LogP contribution is 2.09. The number of hydrogen-bond acceptors (Lipinski definition) is 1. The van der Waals surface area contributed by atoms with Gasteiger partial charge in [-0.25, -0.2) is 0 Å². The normalized spacial score (nSPS) is 10.3. The fourth-order valence-corrected chi connectivity index (χ4v) is 1.84. The van der Waals surface area contributed by atoms with Crippen LogP contribution in [0, 0.1) is 30.1 Å². The summed E-state index contributed by atoms with van der Waals surface area (Å²) >= 11 is 0. The fraction of sp³-hybridized carbons (Fsp3) is 0.105. The van der Waals surface area contributed by atoms with Gasteiger partial charge in [0, 0.05) is 17.6 Å². The second kappa shape index (κ2) is 6.98. The summed E-state index contributed by atoms with van der Waals surface area (Å²) in [5, 5.41) is 9.14. The zero-order valence-electron chi connectivity index (χ0n) is 11.4. The number of allylic oxidation sites excluding steroid dienone is 1. The summed E-state index contributed by atoms with van der Waals surface area (Å²) in [4.78, 5) is 0. The molecule has 0 heterocycles. The lowest BCUT2D eigenvalue weighted by molar-refractivity contribution is 1.34. The van der Waals surface area contributed by atoms with Crippen molar-refractivity contribution >= 4 is 6.08 Å². The van der Waals surface area contributed by atoms with Crippen LogP contribution in [0.5, 0.6) is 0 Å². The molecule has 0 N–H and O–H groups in total. The van der Waals surface area contributed by atoms with Crippen LogP contribution in [0.4, 0.5) is 0 Å². The molecule has 2 rings (SSSR count). The van der Waals surface area contributed by atoms with Gasteiger partial charge in [0.2, 0.25) is 0 Å². The zero-order chi connectivity index (χ0) is 14.2. The minimum Gasteiger partial charge on any atom is -0.193 e. The van der Waals surface area contributed by atoms with Gasteiger partial charge in [0.15, 0.2) is 0 Å². The molecular formula is C19H15N. The molecule has 0 aliphatic rings. The minimum absolute atomic E-state index is 0.472. The van der Waals surface area contributed by atoms with Gasteiger partial charge in [0.05, 0.1) is 6.07 Å². The van der Waals surface area contributed by atoms with Gasteiger partial charge in [-0.3, -0.25) is 0 Å². The van der Waals surface area contributed by atoms with Crippen LogP contribution < -0.4 is 0 Å². The molecule has 0 atom stereocenters. The molecule has 0 aliphatic carbocycles. The van der Waals surface area contributed by atoms with E-state index in [0.29, 0.717) is 12.0 Å². The summed E-state index contributed by atoms with van der Waals surface area (Å²) in [6.07, 6.45) is 2.35. The first-order valence-electron chi connectivity index (χ1n) is 6.49. The van der Waals surface area contributed by atoms with Crippen molar-refractivity contribution in [1.29, 1.82) is 5.26 Å². The van der Waals surface area contributed by atoms with Crippen molar-refractivity contribution in [3.8, 4) is 17.9 Å². The minimum atomic E-state index is 0.472. The Morgan fingerprint density at radius 2 is 1.90 bits per heavy atom. The van der Waals surface area contributed by atoms with Gasteiger partial charge >= 0.3 is 0 Å². The maximum absolute atomic E-state index is 9.14. The standard InChI is InChI=1S/C19H15N/c1-16-7-5-10-17(13-16)11-6-12-19(15-20)14-18-8-3-2-4-9-18/h2-5,7-10,13-14H,12H2,1H3/b19-14-. The lowest BCUT2D eigenvalue weighted by Crippen LogP contribution is -1.80. The molecule has 2 aromatic carbocycles. The maximum Gasteiger partial charge on any atom is 0.0957 e. The lowest BCUT2D eigenvalue weighted by atomic mass is 10.1. The van der Waals surface area contributed by atoms with E-state index in [1.54, 1.807) is 0 Å². The third kappa shape index (κ3) is 4.16. The molecule has 0 bridgehead atoms. The Morgan fingerprint density at radius 1 is 1.10 bits per heavy atom. The van der Waals surface area contributed by atoms with Gasteiger partial charge < -0.3 is 0 Å². The van der Waals surface area contributed by atoms with E-state index in [2.05, 4.69) is 17.9 Å². The Morgan fingerprint density at radius 3 is 2.60 bits per heavy atom. The van der Waals surface area contributed by atoms with E-state index in [1.165, 1.54) is 5.56 Å². The third-order valence-corrected chi connectivity index (χ3v) is 2.81. The van der Waals surface area contributed by atoms with Gasteiger partial charge in [-0.1, -0.05) is 54.3 Å². The summed E-state index contributed by atoms with van der Waals surface area (Å²) in [6, 6.07) is 20.1. The smallest absolute Gasteiger partial charge is 0.0957 e. The first-order chi connectivity index (χ1) is 9.78. The van der Waals surface area contributed by atoms with Crippen LogP contribution in [0.1, 0.15) is 23.1 Å². The topological polar surface area (TPSA) is 23.8 Å². The molecule has 96 valence electrons. The molecule has 0 unspecified atom stereocenters. The van der Waals surface area contributed by atoms with E-state index in [1.807, 2.05) is 67.6 Å². The molecule has 0 saturated carbocycles. The van der Waals surface area contributed by atoms with Crippen molar-refractivity contribution in [1.82, 2.24) is 0 Å². The second-order valence-electron chi connectivity index (χ2n) is 4.54. The Bertz CT molecular complexity index is 707. The Kier molecular flexibility index (Phi) is 4.76. The quantitative estimate of drug-likeness (QED) is 0.580. The van der Waals surface area contributed by atoms with E-state index in [4.69, 9.17) is 5.26 Å². The van der Waals surface area contributed by atoms with E-state index in [9.17, 15) is 0 Å². The molecule has 0 saturated heterocycles. The zero-order valence-corrected chi connectivity index (χ0v) is 11.4. The number of rotatable bonds is 2. The summed E-state index contributed by atoms with van der Waals surface area (Å²) in [5.41, 5.74) is 3.89. The number of nitrogens with zero attached hydrogens (tertiary/aromatic N) is 1. The van der Waals surface area contributed by atoms with Crippen LogP contribution in [-0.4, -0.2) is 0 Å². The van der Waals surface area contributed by atoms with E-state index in [-0.39, 0.29) is 0 Å². The molecule has 20 heavy (non-hydrogen) atoms. The SMILES string of the molecule is Cc1cccc(C#CC/C(C#N)=C/c2ccccc2)c1. The number of nitriles is 1. The molecule has 0 spiro atoms. The van der Waals surface area contributed by atoms with Crippen LogP contribution in [0.15, 0.2) is 60.2 Å². The average Bonchev–Trinajstić information content (AvgIpc) is 2.47. The second-order valence-corrected chi connectivity index (χ2v) is 4.54. The summed E-state index contributed by atoms with van der Waals surface area (Å²) in [5.74, 6) is 6.15. The molecule has 0 radical (unpaired) electrons. The average molecular weight is 257 g/mol. The molecule has 2 aromatic rings. The van der Waals surface area contributed by atoms with Crippen molar-refractivity contribution in [2.24, 2.45) is 0 Å². The van der Waals surface area contributed by atoms with Crippen LogP contribution in [0.25, 0.3) is 6.08 Å². The van der Waals surface area contributed by atoms with E-state index < -0.39 is 0 Å². The highest BCUT2D eigenvalue weighted by Gasteiger charge is 1.94. The highest BCUT2D eigenvalue weighted by molar-refractivity contribution is 5.57. The van der Waals surface area contributed by atoms with Crippen molar-refractivity contribution in [2.45, 2.75) is 13.3 Å². The number of aryl methyl sites for hydroxylation is 1. The highest BCUT2D eigenvalue weighted by atomic mass is 14.2. The van der Waals surface area contributed by atoms with Crippen LogP contribution in [0.3, 0.4) is 0 Å². The summed E-state index contributed by atoms with van der Waals surface area (Å²) in [6.45, 7) is 2.04. The largest absolute Gasteiger partial charge is 0.193 e. The molecule has 0 fully saturated rings. The summed E-state index contributed by atoms with van der Waals surface area (Å²) in [7, 11) is 0. The van der Waals surface area contributed by atoms with Gasteiger partial charge in [0.25, 0.3) is 0 Å². The van der Waals surface area contributed by atoms with E-state index >= 15 is 0 Å². The fourth-order valence-electron chi connectivity index (χ4n) is 1.84. The first-order valence-corrected chi connectivity index (χ1v) is 6.49. The van der Waals surface area contributed by atoms with Crippen molar-refractivity contribution in [3.05, 3.63) is 76.9 Å². The lowest BCUT2D eigenvalue weighted by Gasteiger charge is -1.94. The number of benzene rings is 2. The molecular weight excluding hydrogens is 242 g/mol. The Hall–Kier alpha value is -2.77. The van der Waals surface area contributed by atoms with Gasteiger partial charge in [0.1, 0.15) is 0 Å². The molecule has 0 aromatic heterocycles. The predicted molar refractivity (Wildman–Crippen MR) is 82.7 cm³/mol. The van der Waals surface area contributed by atoms with Crippen LogP contribution in [-0.2, 0) is 0 Å². The summed E-state index contributed by atoms with van der Waals surface area (Å²) < 4.78 is 0. The first kappa shape index (κ1) is 13.7. The maximum atomic E-state index is 9.14. The van der Waals surface area contributed by atoms with Crippen LogP contribution >= 0.6 is 0 Å². The van der Waals surface area contributed by atoms with Crippen molar-refractivity contribution < 1.29 is 0 Å². The van der Waals surface area contributed by atoms with Gasteiger partial charge in [-0.15, -0.1) is 0 Å². The van der Waals surface area contributed by atoms with Crippen molar-refractivity contribution in [2.75, 3.05) is 0 Å².